The van der Waals surface area contributed by atoms with E-state index in [1.165, 1.54) is 71.0 Å². The molecule has 134 valence electrons. The molecule has 0 heterocycles. The number of nitrogens with zero attached hydrogens (tertiary/aromatic N) is 1. The van der Waals surface area contributed by atoms with Crippen molar-refractivity contribution in [2.24, 2.45) is 17.3 Å². The lowest BCUT2D eigenvalue weighted by atomic mass is 9.91. The Hall–Kier alpha value is -0.0400. The van der Waals surface area contributed by atoms with Crippen LogP contribution in [0.5, 0.6) is 0 Å². The van der Waals surface area contributed by atoms with Crippen LogP contribution in [0.3, 0.4) is 0 Å². The lowest BCUT2D eigenvalue weighted by Crippen LogP contribution is -2.39. The Balaban J connectivity index is 4.64. The summed E-state index contributed by atoms with van der Waals surface area (Å²) in [6, 6.07) is 0. The molecule has 22 heavy (non-hydrogen) atoms. The van der Waals surface area contributed by atoms with Crippen LogP contribution in [0.2, 0.25) is 0 Å². The van der Waals surface area contributed by atoms with Gasteiger partial charge in [-0.1, -0.05) is 87.0 Å². The van der Waals surface area contributed by atoms with Crippen LogP contribution < -0.4 is 0 Å². The average molecular weight is 312 g/mol. The third-order valence-corrected chi connectivity index (χ3v) is 4.82. The van der Waals surface area contributed by atoms with E-state index in [1.54, 1.807) is 0 Å². The number of unbranched alkanes of at least 4 members (excludes halogenated alkanes) is 2. The Bertz CT molecular complexity index is 223. The third-order valence-electron chi connectivity index (χ3n) is 4.82. The van der Waals surface area contributed by atoms with Gasteiger partial charge >= 0.3 is 0 Å². The molecule has 0 bridgehead atoms. The zero-order chi connectivity index (χ0) is 17.0. The van der Waals surface area contributed by atoms with Gasteiger partial charge in [-0.3, -0.25) is 0 Å². The van der Waals surface area contributed by atoms with E-state index in [0.29, 0.717) is 5.41 Å². The van der Waals surface area contributed by atoms with Crippen LogP contribution in [0.15, 0.2) is 0 Å². The summed E-state index contributed by atoms with van der Waals surface area (Å²) in [4.78, 5) is 2.80. The molecule has 0 fully saturated rings. The fraction of sp³-hybridized carbons (Fsp3) is 1.00. The molecule has 1 heteroatoms. The van der Waals surface area contributed by atoms with Gasteiger partial charge in [0, 0.05) is 19.6 Å². The van der Waals surface area contributed by atoms with E-state index >= 15 is 0 Å². The van der Waals surface area contributed by atoms with E-state index in [0.717, 1.165) is 11.8 Å². The molecule has 0 aromatic rings. The van der Waals surface area contributed by atoms with Gasteiger partial charge in [-0.2, -0.15) is 0 Å². The standard InChI is InChI=1S/C21H45N/c1-8-12-14-19(10-3)16-22(18-21(5,6)7)17-20(11-4)15-13-9-2/h19-20H,8-18H2,1-7H3/t19-,20+. The summed E-state index contributed by atoms with van der Waals surface area (Å²) in [5, 5.41) is 0. The van der Waals surface area contributed by atoms with Crippen molar-refractivity contribution in [1.29, 1.82) is 0 Å². The number of hydrogen-bond donors (Lipinski definition) is 0. The molecular weight excluding hydrogens is 266 g/mol. The van der Waals surface area contributed by atoms with Crippen LogP contribution in [0.1, 0.15) is 99.8 Å². The zero-order valence-corrected chi connectivity index (χ0v) is 16.9. The minimum absolute atomic E-state index is 0.409. The van der Waals surface area contributed by atoms with Gasteiger partial charge in [0.05, 0.1) is 0 Å². The molecule has 0 aliphatic carbocycles. The second-order valence-electron chi connectivity index (χ2n) is 8.59. The zero-order valence-electron chi connectivity index (χ0n) is 16.9. The van der Waals surface area contributed by atoms with Crippen LogP contribution in [0, 0.1) is 17.3 Å². The lowest BCUT2D eigenvalue weighted by molar-refractivity contribution is 0.134. The second-order valence-corrected chi connectivity index (χ2v) is 8.59. The van der Waals surface area contributed by atoms with E-state index in [2.05, 4.69) is 53.4 Å². The topological polar surface area (TPSA) is 3.24 Å². The molecule has 0 aliphatic heterocycles. The minimum Gasteiger partial charge on any atom is -0.302 e. The van der Waals surface area contributed by atoms with Gasteiger partial charge in [0.1, 0.15) is 0 Å². The molecule has 0 saturated carbocycles. The lowest BCUT2D eigenvalue weighted by Gasteiger charge is -2.35. The maximum absolute atomic E-state index is 2.80. The Labute approximate surface area is 142 Å². The highest BCUT2D eigenvalue weighted by Gasteiger charge is 2.21. The van der Waals surface area contributed by atoms with Gasteiger partial charge in [0.2, 0.25) is 0 Å². The number of hydrogen-bond acceptors (Lipinski definition) is 1. The predicted molar refractivity (Wildman–Crippen MR) is 103 cm³/mol. The predicted octanol–water partition coefficient (Wildman–Crippen LogP) is 6.77. The van der Waals surface area contributed by atoms with Crippen molar-refractivity contribution >= 4 is 0 Å². The Morgan fingerprint density at radius 3 is 1.41 bits per heavy atom. The highest BCUT2D eigenvalue weighted by Crippen LogP contribution is 2.23. The molecule has 0 N–H and O–H groups in total. The van der Waals surface area contributed by atoms with Crippen LogP contribution >= 0.6 is 0 Å². The van der Waals surface area contributed by atoms with Crippen molar-refractivity contribution in [1.82, 2.24) is 4.90 Å². The molecule has 0 amide bonds. The first kappa shape index (κ1) is 22.0. The first-order valence-electron chi connectivity index (χ1n) is 10.1. The first-order chi connectivity index (χ1) is 10.4. The summed E-state index contributed by atoms with van der Waals surface area (Å²) < 4.78 is 0. The fourth-order valence-electron chi connectivity index (χ4n) is 3.44. The van der Waals surface area contributed by atoms with E-state index in [4.69, 9.17) is 0 Å². The highest BCUT2D eigenvalue weighted by atomic mass is 15.1. The summed E-state index contributed by atoms with van der Waals surface area (Å²) in [5.41, 5.74) is 0.409. The molecule has 0 saturated heterocycles. The molecule has 0 rings (SSSR count). The summed E-state index contributed by atoms with van der Waals surface area (Å²) in [6.07, 6.45) is 11.0. The van der Waals surface area contributed by atoms with Crippen molar-refractivity contribution in [3.8, 4) is 0 Å². The molecular formula is C21H45N. The quantitative estimate of drug-likeness (QED) is 0.363. The molecule has 0 aromatic heterocycles. The Morgan fingerprint density at radius 1 is 0.727 bits per heavy atom. The first-order valence-corrected chi connectivity index (χ1v) is 10.1. The van der Waals surface area contributed by atoms with Crippen molar-refractivity contribution in [3.05, 3.63) is 0 Å². The van der Waals surface area contributed by atoms with Gasteiger partial charge < -0.3 is 4.90 Å². The van der Waals surface area contributed by atoms with Crippen LogP contribution in [0.25, 0.3) is 0 Å². The molecule has 2 atom stereocenters. The van der Waals surface area contributed by atoms with Gasteiger partial charge in [-0.25, -0.2) is 0 Å². The maximum Gasteiger partial charge on any atom is 0.00303 e. The SMILES string of the molecule is CCCC[C@@H](CC)CN(C[C@@H](CC)CCCC)CC(C)(C)C. The van der Waals surface area contributed by atoms with Crippen molar-refractivity contribution in [3.63, 3.8) is 0 Å². The molecule has 0 aromatic carbocycles. The molecule has 1 nitrogen and oxygen atoms in total. The maximum atomic E-state index is 2.80. The Kier molecular flexibility index (Phi) is 12.4. The van der Waals surface area contributed by atoms with E-state index in [1.807, 2.05) is 0 Å². The average Bonchev–Trinajstić information content (AvgIpc) is 2.45. The van der Waals surface area contributed by atoms with Crippen LogP contribution in [-0.4, -0.2) is 24.5 Å². The summed E-state index contributed by atoms with van der Waals surface area (Å²) in [6.45, 7) is 20.4. The molecule has 0 spiro atoms. The van der Waals surface area contributed by atoms with Gasteiger partial charge in [-0.05, 0) is 30.1 Å². The minimum atomic E-state index is 0.409. The largest absolute Gasteiger partial charge is 0.302 e. The van der Waals surface area contributed by atoms with Gasteiger partial charge in [0.15, 0.2) is 0 Å². The van der Waals surface area contributed by atoms with E-state index in [-0.39, 0.29) is 0 Å². The van der Waals surface area contributed by atoms with E-state index < -0.39 is 0 Å². The van der Waals surface area contributed by atoms with Crippen LogP contribution in [0.4, 0.5) is 0 Å². The normalized spacial score (nSPS) is 15.3. The summed E-state index contributed by atoms with van der Waals surface area (Å²) in [7, 11) is 0. The second kappa shape index (κ2) is 12.4. The summed E-state index contributed by atoms with van der Waals surface area (Å²) in [5.74, 6) is 1.79. The molecule has 0 aliphatic rings. The van der Waals surface area contributed by atoms with Crippen molar-refractivity contribution in [2.45, 2.75) is 99.8 Å². The van der Waals surface area contributed by atoms with Gasteiger partial charge in [-0.15, -0.1) is 0 Å². The smallest absolute Gasteiger partial charge is 0.00303 e. The van der Waals surface area contributed by atoms with Crippen molar-refractivity contribution < 1.29 is 0 Å². The molecule has 0 radical (unpaired) electrons. The monoisotopic (exact) mass is 311 g/mol. The Morgan fingerprint density at radius 2 is 1.14 bits per heavy atom. The third kappa shape index (κ3) is 11.5. The van der Waals surface area contributed by atoms with E-state index in [9.17, 15) is 0 Å². The van der Waals surface area contributed by atoms with Gasteiger partial charge in [0.25, 0.3) is 0 Å². The van der Waals surface area contributed by atoms with Crippen molar-refractivity contribution in [2.75, 3.05) is 19.6 Å². The highest BCUT2D eigenvalue weighted by molar-refractivity contribution is 4.75. The van der Waals surface area contributed by atoms with Crippen LogP contribution in [-0.2, 0) is 0 Å². The fourth-order valence-corrected chi connectivity index (χ4v) is 3.44. The number of rotatable bonds is 13. The summed E-state index contributed by atoms with van der Waals surface area (Å²) >= 11 is 0. The molecule has 0 unspecified atom stereocenters.